The van der Waals surface area contributed by atoms with Crippen molar-refractivity contribution in [2.75, 3.05) is 11.0 Å². The summed E-state index contributed by atoms with van der Waals surface area (Å²) in [5.74, 6) is -1.06. The summed E-state index contributed by atoms with van der Waals surface area (Å²) in [6.45, 7) is 1.77. The monoisotopic (exact) mass is 243 g/mol. The molecule has 1 aromatic carbocycles. The smallest absolute Gasteiger partial charge is 0.336 e. The largest absolute Gasteiger partial charge is 0.478 e. The van der Waals surface area contributed by atoms with Gasteiger partial charge in [-0.1, -0.05) is 13.0 Å². The molecule has 1 rings (SSSR count). The molecule has 0 saturated heterocycles. The van der Waals surface area contributed by atoms with Crippen LogP contribution in [-0.2, 0) is 16.4 Å². The molecule has 0 radical (unpaired) electrons. The van der Waals surface area contributed by atoms with E-state index in [-0.39, 0.29) is 5.56 Å². The Morgan fingerprint density at radius 1 is 1.44 bits per heavy atom. The Labute approximate surface area is 94.2 Å². The summed E-state index contributed by atoms with van der Waals surface area (Å²) >= 11 is 0. The molecule has 0 heterocycles. The van der Waals surface area contributed by atoms with Gasteiger partial charge in [0.25, 0.3) is 0 Å². The maximum atomic E-state index is 11.1. The summed E-state index contributed by atoms with van der Waals surface area (Å²) in [7, 11) is -3.40. The van der Waals surface area contributed by atoms with Crippen LogP contribution < -0.4 is 4.72 Å². The lowest BCUT2D eigenvalue weighted by atomic mass is 10.0. The standard InChI is InChI=1S/C10H13NO4S/c1-3-7-8(10(12)13)5-4-6-9(7)11-16(2,14)15/h4-6,11H,3H2,1-2H3,(H,12,13). The molecule has 0 aromatic heterocycles. The van der Waals surface area contributed by atoms with Crippen molar-refractivity contribution in [3.63, 3.8) is 0 Å². The molecule has 5 nitrogen and oxygen atoms in total. The van der Waals surface area contributed by atoms with Crippen LogP contribution in [0.5, 0.6) is 0 Å². The van der Waals surface area contributed by atoms with E-state index in [2.05, 4.69) is 4.72 Å². The summed E-state index contributed by atoms with van der Waals surface area (Å²) in [6.07, 6.45) is 1.47. The summed E-state index contributed by atoms with van der Waals surface area (Å²) < 4.78 is 24.5. The van der Waals surface area contributed by atoms with Crippen LogP contribution in [0.4, 0.5) is 5.69 Å². The van der Waals surface area contributed by atoms with Gasteiger partial charge in [-0.05, 0) is 24.1 Å². The summed E-state index contributed by atoms with van der Waals surface area (Å²) in [4.78, 5) is 10.9. The molecule has 88 valence electrons. The van der Waals surface area contributed by atoms with Crippen LogP contribution in [0.25, 0.3) is 0 Å². The molecule has 2 N–H and O–H groups in total. The number of anilines is 1. The van der Waals surface area contributed by atoms with E-state index >= 15 is 0 Å². The molecule has 6 heteroatoms. The second kappa shape index (κ2) is 4.52. The highest BCUT2D eigenvalue weighted by atomic mass is 32.2. The highest BCUT2D eigenvalue weighted by Gasteiger charge is 2.14. The van der Waals surface area contributed by atoms with Crippen LogP contribution in [0.3, 0.4) is 0 Å². The van der Waals surface area contributed by atoms with Crippen molar-refractivity contribution < 1.29 is 18.3 Å². The number of carbonyl (C=O) groups is 1. The lowest BCUT2D eigenvalue weighted by Crippen LogP contribution is -2.13. The molecule has 0 aliphatic rings. The van der Waals surface area contributed by atoms with Gasteiger partial charge >= 0.3 is 5.97 Å². The first-order valence-corrected chi connectivity index (χ1v) is 6.57. The average molecular weight is 243 g/mol. The van der Waals surface area contributed by atoms with E-state index in [1.807, 2.05) is 0 Å². The molecule has 1 aromatic rings. The van der Waals surface area contributed by atoms with Crippen molar-refractivity contribution in [1.82, 2.24) is 0 Å². The van der Waals surface area contributed by atoms with E-state index in [0.717, 1.165) is 6.26 Å². The lowest BCUT2D eigenvalue weighted by molar-refractivity contribution is 0.0696. The van der Waals surface area contributed by atoms with Crippen LogP contribution >= 0.6 is 0 Å². The fourth-order valence-electron chi connectivity index (χ4n) is 1.46. The Balaban J connectivity index is 3.30. The second-order valence-corrected chi connectivity index (χ2v) is 5.11. The van der Waals surface area contributed by atoms with Gasteiger partial charge < -0.3 is 5.11 Å². The predicted octanol–water partition coefficient (Wildman–Crippen LogP) is 1.32. The van der Waals surface area contributed by atoms with Crippen molar-refractivity contribution in [2.45, 2.75) is 13.3 Å². The van der Waals surface area contributed by atoms with Crippen molar-refractivity contribution in [1.29, 1.82) is 0 Å². The van der Waals surface area contributed by atoms with Gasteiger partial charge in [-0.3, -0.25) is 4.72 Å². The highest BCUT2D eigenvalue weighted by molar-refractivity contribution is 7.92. The molecule has 0 aliphatic carbocycles. The Morgan fingerprint density at radius 3 is 2.50 bits per heavy atom. The number of carboxylic acid groups (broad SMARTS) is 1. The van der Waals surface area contributed by atoms with Crippen LogP contribution in [0.1, 0.15) is 22.8 Å². The number of hydrogen-bond donors (Lipinski definition) is 2. The molecule has 0 spiro atoms. The molecule has 0 aliphatic heterocycles. The van der Waals surface area contributed by atoms with E-state index in [9.17, 15) is 13.2 Å². The van der Waals surface area contributed by atoms with E-state index < -0.39 is 16.0 Å². The fraction of sp³-hybridized carbons (Fsp3) is 0.300. The fourth-order valence-corrected chi connectivity index (χ4v) is 2.05. The van der Waals surface area contributed by atoms with E-state index in [0.29, 0.717) is 17.7 Å². The Kier molecular flexibility index (Phi) is 3.54. The van der Waals surface area contributed by atoms with Crippen LogP contribution in [0.15, 0.2) is 18.2 Å². The third-order valence-corrected chi connectivity index (χ3v) is 2.65. The number of carboxylic acids is 1. The maximum Gasteiger partial charge on any atom is 0.336 e. The number of hydrogen-bond acceptors (Lipinski definition) is 3. The SMILES string of the molecule is CCc1c(NS(C)(=O)=O)cccc1C(=O)O. The topological polar surface area (TPSA) is 83.5 Å². The number of sulfonamides is 1. The quantitative estimate of drug-likeness (QED) is 0.835. The Morgan fingerprint density at radius 2 is 2.06 bits per heavy atom. The molecule has 0 bridgehead atoms. The van der Waals surface area contributed by atoms with Crippen molar-refractivity contribution in [2.24, 2.45) is 0 Å². The normalized spacial score (nSPS) is 11.1. The number of rotatable bonds is 4. The molecule has 0 fully saturated rings. The van der Waals surface area contributed by atoms with Crippen LogP contribution in [0, 0.1) is 0 Å². The number of benzene rings is 1. The van der Waals surface area contributed by atoms with Gasteiger partial charge in [-0.25, -0.2) is 13.2 Å². The van der Waals surface area contributed by atoms with Gasteiger partial charge in [0.1, 0.15) is 0 Å². The first kappa shape index (κ1) is 12.5. The lowest BCUT2D eigenvalue weighted by Gasteiger charge is -2.11. The van der Waals surface area contributed by atoms with E-state index in [1.165, 1.54) is 12.1 Å². The maximum absolute atomic E-state index is 11.1. The van der Waals surface area contributed by atoms with Crippen LogP contribution in [-0.4, -0.2) is 25.7 Å². The van der Waals surface area contributed by atoms with Gasteiger partial charge in [0.15, 0.2) is 0 Å². The zero-order valence-corrected chi connectivity index (χ0v) is 9.84. The zero-order chi connectivity index (χ0) is 12.3. The van der Waals surface area contributed by atoms with Gasteiger partial charge in [0.05, 0.1) is 17.5 Å². The highest BCUT2D eigenvalue weighted by Crippen LogP contribution is 2.21. The molecule has 0 amide bonds. The van der Waals surface area contributed by atoms with Crippen LogP contribution in [0.2, 0.25) is 0 Å². The van der Waals surface area contributed by atoms with Gasteiger partial charge in [0.2, 0.25) is 10.0 Å². The summed E-state index contributed by atoms with van der Waals surface area (Å²) in [5, 5.41) is 8.94. The Bertz CT molecular complexity index is 508. The van der Waals surface area contributed by atoms with Gasteiger partial charge in [0, 0.05) is 0 Å². The number of nitrogens with one attached hydrogen (secondary N) is 1. The summed E-state index contributed by atoms with van der Waals surface area (Å²) in [6, 6.07) is 4.51. The van der Waals surface area contributed by atoms with Crippen molar-refractivity contribution >= 4 is 21.7 Å². The Hall–Kier alpha value is -1.56. The molecular weight excluding hydrogens is 230 g/mol. The molecular formula is C10H13NO4S. The van der Waals surface area contributed by atoms with Crippen molar-refractivity contribution in [3.8, 4) is 0 Å². The third-order valence-electron chi connectivity index (χ3n) is 2.06. The molecule has 0 saturated carbocycles. The van der Waals surface area contributed by atoms with Gasteiger partial charge in [-0.2, -0.15) is 0 Å². The predicted molar refractivity (Wildman–Crippen MR) is 61.2 cm³/mol. The average Bonchev–Trinajstić information content (AvgIpc) is 2.14. The number of aromatic carboxylic acids is 1. The molecule has 0 atom stereocenters. The van der Waals surface area contributed by atoms with Crippen molar-refractivity contribution in [3.05, 3.63) is 29.3 Å². The minimum absolute atomic E-state index is 0.121. The molecule has 0 unspecified atom stereocenters. The minimum Gasteiger partial charge on any atom is -0.478 e. The zero-order valence-electron chi connectivity index (χ0n) is 9.02. The minimum atomic E-state index is -3.40. The third kappa shape index (κ3) is 2.96. The first-order valence-electron chi connectivity index (χ1n) is 4.68. The van der Waals surface area contributed by atoms with Gasteiger partial charge in [-0.15, -0.1) is 0 Å². The first-order chi connectivity index (χ1) is 7.35. The second-order valence-electron chi connectivity index (χ2n) is 3.36. The molecule has 16 heavy (non-hydrogen) atoms. The van der Waals surface area contributed by atoms with E-state index in [1.54, 1.807) is 13.0 Å². The van der Waals surface area contributed by atoms with E-state index in [4.69, 9.17) is 5.11 Å². The summed E-state index contributed by atoms with van der Waals surface area (Å²) in [5.41, 5.74) is 0.932.